The molecule has 0 bridgehead atoms. The number of ether oxygens (including phenoxy) is 1. The highest BCUT2D eigenvalue weighted by Gasteiger charge is 2.60. The lowest BCUT2D eigenvalue weighted by atomic mass is 10.0. The van der Waals surface area contributed by atoms with Crippen LogP contribution in [0.3, 0.4) is 0 Å². The molecule has 0 saturated carbocycles. The Labute approximate surface area is 285 Å². The minimum absolute atomic E-state index is 0.140. The van der Waals surface area contributed by atoms with Gasteiger partial charge in [0.2, 0.25) is 0 Å². The molecule has 0 aliphatic rings. The Morgan fingerprint density at radius 2 is 1.15 bits per heavy atom. The normalized spacial score (nSPS) is 13.4. The summed E-state index contributed by atoms with van der Waals surface area (Å²) in [5.74, 6) is -0.453. The largest absolute Gasteiger partial charge is 0.522 e. The summed E-state index contributed by atoms with van der Waals surface area (Å²) in [6.07, 6.45) is 0.418. The van der Waals surface area contributed by atoms with Crippen molar-refractivity contribution < 1.29 is 35.5 Å². The van der Waals surface area contributed by atoms with E-state index in [4.69, 9.17) is 30.7 Å². The first-order chi connectivity index (χ1) is 23.3. The zero-order chi connectivity index (χ0) is 34.2. The van der Waals surface area contributed by atoms with E-state index in [0.29, 0.717) is 18.0 Å². The Morgan fingerprint density at radius 3 is 1.60 bits per heavy atom. The van der Waals surface area contributed by atoms with E-state index in [1.54, 1.807) is 35.4 Å². The Hall–Kier alpha value is -3.76. The fourth-order valence-corrected chi connectivity index (χ4v) is 18.0. The second kappa shape index (κ2) is 15.6. The maximum absolute atomic E-state index is 12.1. The molecule has 0 heterocycles. The van der Waals surface area contributed by atoms with Crippen molar-refractivity contribution in [2.45, 2.75) is 19.4 Å². The summed E-state index contributed by atoms with van der Waals surface area (Å²) in [4.78, 5) is 12.1. The van der Waals surface area contributed by atoms with E-state index in [1.807, 2.05) is 84.9 Å². The molecule has 48 heavy (non-hydrogen) atoms. The summed E-state index contributed by atoms with van der Waals surface area (Å²) in [5.41, 5.74) is 0.331. The van der Waals surface area contributed by atoms with Gasteiger partial charge in [0.05, 0.1) is 6.61 Å². The summed E-state index contributed by atoms with van der Waals surface area (Å²) in [5, 5.41) is 6.42. The molecule has 11 heteroatoms. The van der Waals surface area contributed by atoms with Gasteiger partial charge in [-0.2, -0.15) is 0 Å². The molecule has 0 radical (unpaired) electrons. The quantitative estimate of drug-likeness (QED) is 0.0442. The van der Waals surface area contributed by atoms with Crippen LogP contribution in [0.2, 0.25) is 6.04 Å². The van der Waals surface area contributed by atoms with Crippen LogP contribution in [0.25, 0.3) is 21.5 Å². The van der Waals surface area contributed by atoms with Crippen LogP contribution in [0.4, 0.5) is 0 Å². The molecular weight excluding hydrogens is 657 g/mol. The van der Waals surface area contributed by atoms with Crippen LogP contribution in [0.1, 0.15) is 13.3 Å². The average molecular weight is 699 g/mol. The first-order valence-corrected chi connectivity index (χ1v) is 21.2. The molecule has 0 aromatic heterocycles. The second-order valence-corrected chi connectivity index (χ2v) is 20.5. The molecule has 0 aliphatic heterocycles. The predicted molar refractivity (Wildman–Crippen MR) is 196 cm³/mol. The lowest BCUT2D eigenvalue weighted by Gasteiger charge is -2.42. The zero-order valence-electron chi connectivity index (χ0n) is 28.1. The van der Waals surface area contributed by atoms with Crippen molar-refractivity contribution in [1.29, 1.82) is 0 Å². The van der Waals surface area contributed by atoms with Crippen molar-refractivity contribution in [2.75, 3.05) is 35.0 Å². The van der Waals surface area contributed by atoms with Crippen molar-refractivity contribution in [1.82, 2.24) is 0 Å². The van der Waals surface area contributed by atoms with Crippen molar-refractivity contribution in [2.24, 2.45) is 0 Å². The van der Waals surface area contributed by atoms with E-state index in [9.17, 15) is 4.79 Å². The SMILES string of the molecule is C=C(C)C(=O)OCCC[Si](OC)(OC)O[Si](OC)(O[Si](OC)(c1ccccc1)c1ccccc1)c1c2ccccc2cc2ccccc12. The van der Waals surface area contributed by atoms with E-state index >= 15 is 0 Å². The van der Waals surface area contributed by atoms with Gasteiger partial charge in [0.15, 0.2) is 0 Å². The standard InChI is InChI=1S/C37H42O8Si3/c1-29(2)37(38)43-26-17-27-46(39-3,40-4)44-48(42-6,36-34-24-15-13-18-30(34)28-31-19-14-16-25-35(31)36)45-47(41-5,32-20-9-7-10-21-32)33-22-11-8-12-23-33/h7-16,18-25,28H,1,17,26-27H2,2-6H3. The van der Waals surface area contributed by atoms with Crippen LogP contribution in [0.5, 0.6) is 0 Å². The molecule has 0 saturated heterocycles. The summed E-state index contributed by atoms with van der Waals surface area (Å²) >= 11 is 0. The topological polar surface area (TPSA) is 81.7 Å². The monoisotopic (exact) mass is 698 g/mol. The van der Waals surface area contributed by atoms with Gasteiger partial charge in [-0.15, -0.1) is 0 Å². The molecule has 1 unspecified atom stereocenters. The molecule has 0 amide bonds. The van der Waals surface area contributed by atoms with Gasteiger partial charge in [-0.1, -0.05) is 116 Å². The van der Waals surface area contributed by atoms with Crippen LogP contribution in [-0.2, 0) is 35.5 Å². The second-order valence-electron chi connectivity index (χ2n) is 11.3. The highest BCUT2D eigenvalue weighted by atomic mass is 28.5. The Kier molecular flexibility index (Phi) is 11.6. The maximum atomic E-state index is 12.1. The summed E-state index contributed by atoms with van der Waals surface area (Å²) in [6.45, 7) is 5.43. The van der Waals surface area contributed by atoms with Gasteiger partial charge in [0.25, 0.3) is 0 Å². The van der Waals surface area contributed by atoms with Crippen molar-refractivity contribution in [3.05, 3.63) is 127 Å². The van der Waals surface area contributed by atoms with E-state index < -0.39 is 32.1 Å². The Bertz CT molecular complexity index is 1760. The van der Waals surface area contributed by atoms with Crippen LogP contribution in [-0.4, -0.2) is 67.2 Å². The lowest BCUT2D eigenvalue weighted by molar-refractivity contribution is -0.139. The highest BCUT2D eigenvalue weighted by molar-refractivity contribution is 7.01. The van der Waals surface area contributed by atoms with Gasteiger partial charge in [-0.25, -0.2) is 4.79 Å². The Balaban J connectivity index is 1.77. The average Bonchev–Trinajstić information content (AvgIpc) is 3.14. The molecule has 5 rings (SSSR count). The van der Waals surface area contributed by atoms with Crippen molar-refractivity contribution >= 4 is 69.2 Å². The molecule has 0 fully saturated rings. The number of fused-ring (bicyclic) bond motifs is 2. The Morgan fingerprint density at radius 1 is 0.646 bits per heavy atom. The van der Waals surface area contributed by atoms with Gasteiger partial charge in [0, 0.05) is 45.2 Å². The predicted octanol–water partition coefficient (Wildman–Crippen LogP) is 5.46. The molecule has 0 N–H and O–H groups in total. The van der Waals surface area contributed by atoms with Gasteiger partial charge in [-0.3, -0.25) is 0 Å². The van der Waals surface area contributed by atoms with Crippen molar-refractivity contribution in [3.8, 4) is 0 Å². The third kappa shape index (κ3) is 7.15. The molecule has 1 atom stereocenters. The summed E-state index contributed by atoms with van der Waals surface area (Å²) < 4.78 is 46.0. The molecule has 0 aliphatic carbocycles. The van der Waals surface area contributed by atoms with Crippen molar-refractivity contribution in [3.63, 3.8) is 0 Å². The number of benzene rings is 5. The summed E-state index contributed by atoms with van der Waals surface area (Å²) in [6, 6.07) is 38.7. The fraction of sp³-hybridized carbons (Fsp3) is 0.216. The van der Waals surface area contributed by atoms with Crippen LogP contribution >= 0.6 is 0 Å². The van der Waals surface area contributed by atoms with Crippen LogP contribution < -0.4 is 15.6 Å². The third-order valence-electron chi connectivity index (χ3n) is 8.34. The minimum Gasteiger partial charge on any atom is -0.462 e. The smallest absolute Gasteiger partial charge is 0.462 e. The van der Waals surface area contributed by atoms with E-state index in [0.717, 1.165) is 37.1 Å². The van der Waals surface area contributed by atoms with Gasteiger partial charge < -0.3 is 30.7 Å². The molecule has 5 aromatic carbocycles. The molecule has 250 valence electrons. The minimum atomic E-state index is -4.15. The van der Waals surface area contributed by atoms with Gasteiger partial charge >= 0.3 is 32.1 Å². The molecular formula is C37H42O8Si3. The van der Waals surface area contributed by atoms with Crippen LogP contribution in [0, 0.1) is 0 Å². The zero-order valence-corrected chi connectivity index (χ0v) is 31.1. The first kappa shape index (κ1) is 35.5. The number of carbonyl (C=O) groups excluding carboxylic acids is 1. The van der Waals surface area contributed by atoms with E-state index in [2.05, 4.69) is 36.9 Å². The lowest BCUT2D eigenvalue weighted by Crippen LogP contribution is -2.74. The molecule has 5 aromatic rings. The maximum Gasteiger partial charge on any atom is 0.522 e. The number of esters is 1. The number of carbonyl (C=O) groups is 1. The third-order valence-corrected chi connectivity index (χ3v) is 19.5. The fourth-order valence-electron chi connectivity index (χ4n) is 5.92. The number of hydrogen-bond donors (Lipinski definition) is 0. The summed E-state index contributed by atoms with van der Waals surface area (Å²) in [7, 11) is -4.90. The number of hydrogen-bond acceptors (Lipinski definition) is 8. The van der Waals surface area contributed by atoms with Gasteiger partial charge in [-0.05, 0) is 51.3 Å². The van der Waals surface area contributed by atoms with Crippen LogP contribution in [0.15, 0.2) is 127 Å². The first-order valence-electron chi connectivity index (χ1n) is 15.7. The molecule has 0 spiro atoms. The molecule has 8 nitrogen and oxygen atoms in total. The highest BCUT2D eigenvalue weighted by Crippen LogP contribution is 2.32. The number of rotatable bonds is 16. The van der Waals surface area contributed by atoms with Gasteiger partial charge in [0.1, 0.15) is 0 Å². The van der Waals surface area contributed by atoms with E-state index in [1.165, 1.54) is 0 Å². The van der Waals surface area contributed by atoms with E-state index in [-0.39, 0.29) is 6.61 Å².